The van der Waals surface area contributed by atoms with E-state index in [1.807, 2.05) is 0 Å². The number of halogens is 2. The van der Waals surface area contributed by atoms with Crippen molar-refractivity contribution >= 4 is 29.1 Å². The van der Waals surface area contributed by atoms with Gasteiger partial charge in [0.2, 0.25) is 0 Å². The van der Waals surface area contributed by atoms with Gasteiger partial charge in [-0.15, -0.1) is 0 Å². The Labute approximate surface area is 178 Å². The van der Waals surface area contributed by atoms with Crippen LogP contribution in [0.3, 0.4) is 0 Å². The van der Waals surface area contributed by atoms with Crippen molar-refractivity contribution in [2.24, 2.45) is 5.92 Å². The van der Waals surface area contributed by atoms with Crippen LogP contribution in [0.2, 0.25) is 5.02 Å². The molecule has 29 heavy (non-hydrogen) atoms. The van der Waals surface area contributed by atoms with E-state index in [1.165, 1.54) is 12.1 Å². The Morgan fingerprint density at radius 3 is 2.31 bits per heavy atom. The van der Waals surface area contributed by atoms with Crippen molar-refractivity contribution in [3.63, 3.8) is 0 Å². The molecule has 0 bridgehead atoms. The lowest BCUT2D eigenvalue weighted by Gasteiger charge is -2.56. The fraction of sp³-hybridized carbons (Fsp3) is 0.636. The molecule has 5 nitrogen and oxygen atoms in total. The van der Waals surface area contributed by atoms with E-state index in [9.17, 15) is 14.0 Å². The van der Waals surface area contributed by atoms with Crippen LogP contribution in [0, 0.1) is 11.7 Å². The number of likely N-dealkylation sites (tertiary alicyclic amines) is 1. The largest absolute Gasteiger partial charge is 0.345 e. The second-order valence-corrected chi connectivity index (χ2v) is 9.82. The van der Waals surface area contributed by atoms with Crippen LogP contribution in [0.25, 0.3) is 0 Å². The zero-order valence-corrected chi connectivity index (χ0v) is 19.0. The van der Waals surface area contributed by atoms with Gasteiger partial charge in [0.1, 0.15) is 5.82 Å². The highest BCUT2D eigenvalue weighted by Crippen LogP contribution is 2.39. The van der Waals surface area contributed by atoms with E-state index in [1.54, 1.807) is 0 Å². The molecule has 0 spiro atoms. The smallest absolute Gasteiger partial charge is 0.313 e. The molecule has 1 atom stereocenters. The number of amides is 2. The molecule has 2 N–H and O–H groups in total. The zero-order chi connectivity index (χ0) is 22.0. The Balaban J connectivity index is 2.03. The summed E-state index contributed by atoms with van der Waals surface area (Å²) < 4.78 is 13.5. The SMILES string of the molecule is CCC(C)CN1C(C)(C)CC(NC(=O)C(=O)Nc2ccc(Cl)c(F)c2)CC1(C)C. The Hall–Kier alpha value is -1.66. The van der Waals surface area contributed by atoms with E-state index >= 15 is 0 Å². The molecule has 1 aliphatic rings. The number of carbonyl (C=O) groups excluding carboxylic acids is 2. The van der Waals surface area contributed by atoms with E-state index in [2.05, 4.69) is 57.1 Å². The Morgan fingerprint density at radius 1 is 1.21 bits per heavy atom. The van der Waals surface area contributed by atoms with Crippen LogP contribution < -0.4 is 10.6 Å². The Morgan fingerprint density at radius 2 is 1.79 bits per heavy atom. The molecule has 2 rings (SSSR count). The fourth-order valence-corrected chi connectivity index (χ4v) is 4.49. The molecule has 0 aliphatic carbocycles. The van der Waals surface area contributed by atoms with Crippen molar-refractivity contribution in [2.75, 3.05) is 11.9 Å². The van der Waals surface area contributed by atoms with Crippen LogP contribution in [0.15, 0.2) is 18.2 Å². The summed E-state index contributed by atoms with van der Waals surface area (Å²) in [5.74, 6) is -1.59. The Kier molecular flexibility index (Phi) is 7.33. The Bertz CT molecular complexity index is 748. The topological polar surface area (TPSA) is 61.4 Å². The van der Waals surface area contributed by atoms with Gasteiger partial charge in [0.15, 0.2) is 0 Å². The summed E-state index contributed by atoms with van der Waals surface area (Å²) in [5, 5.41) is 5.25. The first-order valence-electron chi connectivity index (χ1n) is 10.2. The van der Waals surface area contributed by atoms with Crippen molar-refractivity contribution < 1.29 is 14.0 Å². The quantitative estimate of drug-likeness (QED) is 0.677. The molecular weight excluding hydrogens is 393 g/mol. The van der Waals surface area contributed by atoms with Gasteiger partial charge in [0.05, 0.1) is 5.02 Å². The summed E-state index contributed by atoms with van der Waals surface area (Å²) in [6, 6.07) is 3.76. The number of hydrogen-bond acceptors (Lipinski definition) is 3. The molecule has 0 aromatic heterocycles. The molecule has 1 aliphatic heterocycles. The maximum atomic E-state index is 13.5. The third-order valence-corrected chi connectivity index (χ3v) is 6.17. The summed E-state index contributed by atoms with van der Waals surface area (Å²) in [4.78, 5) is 27.2. The lowest BCUT2D eigenvalue weighted by Crippen LogP contribution is -2.65. The van der Waals surface area contributed by atoms with E-state index < -0.39 is 17.6 Å². The van der Waals surface area contributed by atoms with Gasteiger partial charge in [-0.05, 0) is 64.7 Å². The number of benzene rings is 1. The van der Waals surface area contributed by atoms with Crippen molar-refractivity contribution in [3.05, 3.63) is 29.0 Å². The first-order valence-corrected chi connectivity index (χ1v) is 10.6. The average molecular weight is 426 g/mol. The van der Waals surface area contributed by atoms with E-state index in [0.717, 1.165) is 31.9 Å². The van der Waals surface area contributed by atoms with Crippen LogP contribution in [0.5, 0.6) is 0 Å². The van der Waals surface area contributed by atoms with E-state index in [4.69, 9.17) is 11.6 Å². The van der Waals surface area contributed by atoms with Gasteiger partial charge in [-0.3, -0.25) is 14.5 Å². The molecule has 1 fully saturated rings. The van der Waals surface area contributed by atoms with Crippen LogP contribution in [-0.4, -0.2) is 40.4 Å². The zero-order valence-electron chi connectivity index (χ0n) is 18.2. The molecule has 1 aromatic carbocycles. The van der Waals surface area contributed by atoms with Gasteiger partial charge < -0.3 is 10.6 Å². The molecule has 162 valence electrons. The highest BCUT2D eigenvalue weighted by molar-refractivity contribution is 6.39. The second-order valence-electron chi connectivity index (χ2n) is 9.41. The van der Waals surface area contributed by atoms with E-state index in [0.29, 0.717) is 5.92 Å². The van der Waals surface area contributed by atoms with Crippen molar-refractivity contribution in [3.8, 4) is 0 Å². The fourth-order valence-electron chi connectivity index (χ4n) is 4.37. The first-order chi connectivity index (χ1) is 13.4. The summed E-state index contributed by atoms with van der Waals surface area (Å²) in [6.07, 6.45) is 2.62. The van der Waals surface area contributed by atoms with E-state index in [-0.39, 0.29) is 27.8 Å². The lowest BCUT2D eigenvalue weighted by molar-refractivity contribution is -0.137. The number of nitrogens with one attached hydrogen (secondary N) is 2. The molecule has 1 heterocycles. The van der Waals surface area contributed by atoms with Crippen molar-refractivity contribution in [1.82, 2.24) is 10.2 Å². The summed E-state index contributed by atoms with van der Waals surface area (Å²) >= 11 is 5.64. The van der Waals surface area contributed by atoms with Gasteiger partial charge in [-0.25, -0.2) is 4.39 Å². The standard InChI is InChI=1S/C22H33ClFN3O2/c1-7-14(2)13-27-21(3,4)11-16(12-22(27,5)6)26-20(29)19(28)25-15-8-9-17(23)18(24)10-15/h8-10,14,16H,7,11-13H2,1-6H3,(H,25,28)(H,26,29). The number of rotatable bonds is 5. The highest BCUT2D eigenvalue weighted by Gasteiger charge is 2.45. The van der Waals surface area contributed by atoms with Crippen LogP contribution in [0.1, 0.15) is 60.8 Å². The molecule has 0 saturated carbocycles. The minimum atomic E-state index is -0.815. The first kappa shape index (κ1) is 23.6. The second kappa shape index (κ2) is 9.00. The van der Waals surface area contributed by atoms with Gasteiger partial charge in [0, 0.05) is 29.4 Å². The predicted octanol–water partition coefficient (Wildman–Crippen LogP) is 4.60. The summed E-state index contributed by atoms with van der Waals surface area (Å²) in [6.45, 7) is 14.2. The average Bonchev–Trinajstić information content (AvgIpc) is 2.60. The minimum absolute atomic E-state index is 0.0407. The third kappa shape index (κ3) is 5.92. The maximum Gasteiger partial charge on any atom is 0.313 e. The van der Waals surface area contributed by atoms with Crippen LogP contribution in [0.4, 0.5) is 10.1 Å². The predicted molar refractivity (Wildman–Crippen MR) is 116 cm³/mol. The summed E-state index contributed by atoms with van der Waals surface area (Å²) in [7, 11) is 0. The molecule has 1 aromatic rings. The maximum absolute atomic E-state index is 13.5. The van der Waals surface area contributed by atoms with Gasteiger partial charge >= 0.3 is 11.8 Å². The number of anilines is 1. The normalized spacial score (nSPS) is 20.1. The van der Waals surface area contributed by atoms with Gasteiger partial charge in [0.25, 0.3) is 0 Å². The molecule has 0 radical (unpaired) electrons. The minimum Gasteiger partial charge on any atom is -0.345 e. The van der Waals surface area contributed by atoms with Crippen LogP contribution in [-0.2, 0) is 9.59 Å². The molecular formula is C22H33ClFN3O2. The number of hydrogen-bond donors (Lipinski definition) is 2. The van der Waals surface area contributed by atoms with Gasteiger partial charge in [-0.2, -0.15) is 0 Å². The monoisotopic (exact) mass is 425 g/mol. The molecule has 2 amide bonds. The molecule has 1 unspecified atom stereocenters. The number of nitrogens with zero attached hydrogens (tertiary/aromatic N) is 1. The summed E-state index contributed by atoms with van der Waals surface area (Å²) in [5.41, 5.74) is -0.0336. The number of piperidine rings is 1. The third-order valence-electron chi connectivity index (χ3n) is 5.86. The highest BCUT2D eigenvalue weighted by atomic mass is 35.5. The van der Waals surface area contributed by atoms with Crippen molar-refractivity contribution in [1.29, 1.82) is 0 Å². The molecule has 1 saturated heterocycles. The van der Waals surface area contributed by atoms with Gasteiger partial charge in [-0.1, -0.05) is 31.9 Å². The lowest BCUT2D eigenvalue weighted by atomic mass is 9.76. The molecule has 7 heteroatoms. The number of carbonyl (C=O) groups is 2. The van der Waals surface area contributed by atoms with Crippen LogP contribution >= 0.6 is 11.6 Å². The van der Waals surface area contributed by atoms with Crippen molar-refractivity contribution in [2.45, 2.75) is 77.9 Å².